The molecule has 218 valence electrons. The molecule has 0 radical (unpaired) electrons. The van der Waals surface area contributed by atoms with Gasteiger partial charge in [0, 0.05) is 28.0 Å². The third kappa shape index (κ3) is 5.49. The molecular formula is C44H31NO. The highest BCUT2D eigenvalue weighted by Gasteiger charge is 2.15. The summed E-state index contributed by atoms with van der Waals surface area (Å²) in [6, 6.07) is 66.3. The Morgan fingerprint density at radius 3 is 1.39 bits per heavy atom. The van der Waals surface area contributed by atoms with E-state index in [1.807, 2.05) is 18.2 Å². The third-order valence-corrected chi connectivity index (χ3v) is 8.43. The first kappa shape index (κ1) is 27.4. The highest BCUT2D eigenvalue weighted by molar-refractivity contribution is 5.86. The maximum Gasteiger partial charge on any atom is 0.135 e. The van der Waals surface area contributed by atoms with E-state index in [2.05, 4.69) is 175 Å². The normalized spacial score (nSPS) is 11.0. The van der Waals surface area contributed by atoms with Gasteiger partial charge in [-0.05, 0) is 100 Å². The Morgan fingerprint density at radius 2 is 0.783 bits per heavy atom. The molecule has 2 nitrogen and oxygen atoms in total. The van der Waals surface area contributed by atoms with Crippen LogP contribution in [0.2, 0.25) is 0 Å². The maximum atomic E-state index is 6.23. The van der Waals surface area contributed by atoms with E-state index in [0.717, 1.165) is 39.4 Å². The van der Waals surface area contributed by atoms with Crippen molar-refractivity contribution in [1.29, 1.82) is 0 Å². The number of fused-ring (bicyclic) bond motifs is 1. The van der Waals surface area contributed by atoms with Gasteiger partial charge in [-0.15, -0.1) is 0 Å². The minimum atomic E-state index is 0.860. The van der Waals surface area contributed by atoms with Gasteiger partial charge in [0.05, 0.1) is 0 Å². The van der Waals surface area contributed by atoms with E-state index >= 15 is 0 Å². The SMILES string of the molecule is c1ccc(-c2cc(-c3ccccc3)cc(-c3ccc(N(c4ccccc4)c4cccc(-c5cc6ccccc6o5)c4)cc3)c2)cc1. The van der Waals surface area contributed by atoms with Crippen molar-refractivity contribution in [3.63, 3.8) is 0 Å². The van der Waals surface area contributed by atoms with E-state index in [1.54, 1.807) is 0 Å². The second kappa shape index (κ2) is 12.1. The molecule has 0 spiro atoms. The zero-order valence-electron chi connectivity index (χ0n) is 25.3. The van der Waals surface area contributed by atoms with Crippen LogP contribution in [0.3, 0.4) is 0 Å². The smallest absolute Gasteiger partial charge is 0.135 e. The predicted octanol–water partition coefficient (Wildman–Crippen LogP) is 12.6. The van der Waals surface area contributed by atoms with Crippen LogP contribution in [0.25, 0.3) is 55.7 Å². The van der Waals surface area contributed by atoms with Gasteiger partial charge in [-0.2, -0.15) is 0 Å². The van der Waals surface area contributed by atoms with Crippen LogP contribution in [-0.4, -0.2) is 0 Å². The zero-order chi connectivity index (χ0) is 30.7. The molecule has 1 aromatic heterocycles. The molecular weight excluding hydrogens is 558 g/mol. The summed E-state index contributed by atoms with van der Waals surface area (Å²) >= 11 is 0. The van der Waals surface area contributed by atoms with Crippen LogP contribution >= 0.6 is 0 Å². The molecule has 0 saturated carbocycles. The fraction of sp³-hybridized carbons (Fsp3) is 0. The Kier molecular flexibility index (Phi) is 7.22. The van der Waals surface area contributed by atoms with Gasteiger partial charge in [0.15, 0.2) is 0 Å². The van der Waals surface area contributed by atoms with Gasteiger partial charge in [0.25, 0.3) is 0 Å². The van der Waals surface area contributed by atoms with Crippen molar-refractivity contribution in [3.05, 3.63) is 188 Å². The highest BCUT2D eigenvalue weighted by atomic mass is 16.3. The van der Waals surface area contributed by atoms with Crippen LogP contribution in [0.4, 0.5) is 17.1 Å². The Morgan fingerprint density at radius 1 is 0.304 bits per heavy atom. The summed E-state index contributed by atoms with van der Waals surface area (Å²) in [5, 5.41) is 1.10. The van der Waals surface area contributed by atoms with Crippen LogP contribution in [0.1, 0.15) is 0 Å². The van der Waals surface area contributed by atoms with Crippen molar-refractivity contribution in [2.45, 2.75) is 0 Å². The van der Waals surface area contributed by atoms with Crippen LogP contribution in [0.5, 0.6) is 0 Å². The Labute approximate surface area is 269 Å². The molecule has 8 aromatic rings. The summed E-state index contributed by atoms with van der Waals surface area (Å²) in [6.07, 6.45) is 0. The molecule has 0 N–H and O–H groups in total. The molecule has 2 heteroatoms. The third-order valence-electron chi connectivity index (χ3n) is 8.43. The van der Waals surface area contributed by atoms with Crippen LogP contribution in [0, 0.1) is 0 Å². The van der Waals surface area contributed by atoms with Crippen molar-refractivity contribution < 1.29 is 4.42 Å². The highest BCUT2D eigenvalue weighted by Crippen LogP contribution is 2.39. The largest absolute Gasteiger partial charge is 0.456 e. The van der Waals surface area contributed by atoms with Gasteiger partial charge < -0.3 is 9.32 Å². The van der Waals surface area contributed by atoms with Crippen molar-refractivity contribution in [1.82, 2.24) is 0 Å². The molecule has 0 aliphatic rings. The number of furan rings is 1. The lowest BCUT2D eigenvalue weighted by atomic mass is 9.93. The van der Waals surface area contributed by atoms with Gasteiger partial charge in [-0.1, -0.05) is 121 Å². The molecule has 8 rings (SSSR count). The molecule has 7 aromatic carbocycles. The lowest BCUT2D eigenvalue weighted by molar-refractivity contribution is 0.631. The minimum Gasteiger partial charge on any atom is -0.456 e. The number of nitrogens with zero attached hydrogens (tertiary/aromatic N) is 1. The number of hydrogen-bond acceptors (Lipinski definition) is 2. The van der Waals surface area contributed by atoms with E-state index in [0.29, 0.717) is 0 Å². The summed E-state index contributed by atoms with van der Waals surface area (Å²) in [7, 11) is 0. The monoisotopic (exact) mass is 589 g/mol. The summed E-state index contributed by atoms with van der Waals surface area (Å²) in [5.41, 5.74) is 12.3. The summed E-state index contributed by atoms with van der Waals surface area (Å²) < 4.78 is 6.23. The topological polar surface area (TPSA) is 16.4 Å². The first-order chi connectivity index (χ1) is 22.8. The van der Waals surface area contributed by atoms with Crippen LogP contribution in [-0.2, 0) is 0 Å². The van der Waals surface area contributed by atoms with Crippen molar-refractivity contribution in [2.24, 2.45) is 0 Å². The van der Waals surface area contributed by atoms with E-state index in [1.165, 1.54) is 33.4 Å². The average molecular weight is 590 g/mol. The van der Waals surface area contributed by atoms with Gasteiger partial charge in [-0.3, -0.25) is 0 Å². The molecule has 0 fully saturated rings. The number of para-hydroxylation sites is 2. The molecule has 0 bridgehead atoms. The number of anilines is 3. The molecule has 0 aliphatic carbocycles. The Bertz CT molecular complexity index is 2140. The number of benzene rings is 7. The molecule has 0 amide bonds. The minimum absolute atomic E-state index is 0.860. The van der Waals surface area contributed by atoms with Gasteiger partial charge in [0.1, 0.15) is 11.3 Å². The van der Waals surface area contributed by atoms with E-state index in [9.17, 15) is 0 Å². The molecule has 0 aliphatic heterocycles. The van der Waals surface area contributed by atoms with Gasteiger partial charge >= 0.3 is 0 Å². The van der Waals surface area contributed by atoms with Crippen molar-refractivity contribution in [3.8, 4) is 44.7 Å². The second-order valence-corrected chi connectivity index (χ2v) is 11.4. The van der Waals surface area contributed by atoms with E-state index in [4.69, 9.17) is 4.42 Å². The molecule has 0 unspecified atom stereocenters. The summed E-state index contributed by atoms with van der Waals surface area (Å²) in [5.74, 6) is 0.860. The molecule has 0 atom stereocenters. The number of rotatable bonds is 7. The van der Waals surface area contributed by atoms with E-state index < -0.39 is 0 Å². The lowest BCUT2D eigenvalue weighted by Gasteiger charge is -2.26. The zero-order valence-corrected chi connectivity index (χ0v) is 25.3. The van der Waals surface area contributed by atoms with Crippen molar-refractivity contribution in [2.75, 3.05) is 4.90 Å². The quantitative estimate of drug-likeness (QED) is 0.184. The van der Waals surface area contributed by atoms with Gasteiger partial charge in [0.2, 0.25) is 0 Å². The average Bonchev–Trinajstić information content (AvgIpc) is 3.58. The van der Waals surface area contributed by atoms with Gasteiger partial charge in [-0.25, -0.2) is 0 Å². The van der Waals surface area contributed by atoms with Crippen LogP contribution in [0.15, 0.2) is 192 Å². The fourth-order valence-corrected chi connectivity index (χ4v) is 6.14. The predicted molar refractivity (Wildman–Crippen MR) is 193 cm³/mol. The fourth-order valence-electron chi connectivity index (χ4n) is 6.14. The molecule has 46 heavy (non-hydrogen) atoms. The number of hydrogen-bond donors (Lipinski definition) is 0. The second-order valence-electron chi connectivity index (χ2n) is 11.4. The standard InChI is InChI=1S/C44H31NO/c1-4-13-32(14-5-1)37-27-38(33-15-6-2-7-16-33)29-39(28-37)34-23-25-41(26-24-34)45(40-19-8-3-9-20-40)42-21-12-18-35(30-42)44-31-36-17-10-11-22-43(36)46-44/h1-31H. The first-order valence-corrected chi connectivity index (χ1v) is 15.6. The van der Waals surface area contributed by atoms with Crippen LogP contribution < -0.4 is 4.90 Å². The van der Waals surface area contributed by atoms with Crippen molar-refractivity contribution >= 4 is 28.0 Å². The lowest BCUT2D eigenvalue weighted by Crippen LogP contribution is -2.09. The summed E-state index contributed by atoms with van der Waals surface area (Å²) in [4.78, 5) is 2.30. The Hall–Kier alpha value is -6.12. The molecule has 1 heterocycles. The van der Waals surface area contributed by atoms with E-state index in [-0.39, 0.29) is 0 Å². The molecule has 0 saturated heterocycles. The Balaban J connectivity index is 1.20. The first-order valence-electron chi connectivity index (χ1n) is 15.6. The summed E-state index contributed by atoms with van der Waals surface area (Å²) in [6.45, 7) is 0. The maximum absolute atomic E-state index is 6.23.